The highest BCUT2D eigenvalue weighted by atomic mass is 16.3. The second kappa shape index (κ2) is 7.83. The highest BCUT2D eigenvalue weighted by molar-refractivity contribution is 6.04. The third kappa shape index (κ3) is 4.29. The fourth-order valence-corrected chi connectivity index (χ4v) is 2.73. The number of aromatic nitrogens is 2. The number of nitrogens with one attached hydrogen (secondary N) is 3. The van der Waals surface area contributed by atoms with Crippen LogP contribution in [0.4, 0.5) is 16.3 Å². The molecule has 1 heterocycles. The standard InChI is InChI=1S/C20H21N5O3/c1-11-4-3-5-15(12(11)2)22-20(28)25-19-17(18(21)27)23-16(24-19)10-13-6-8-14(26)9-7-13/h3-9,26H,10H2,1-2H3,(H2,21,27)(H,23,24)(H2,22,25,28). The first kappa shape index (κ1) is 19.0. The molecule has 3 aromatic rings. The smallest absolute Gasteiger partial charge is 0.324 e. The van der Waals surface area contributed by atoms with Crippen molar-refractivity contribution in [1.82, 2.24) is 9.97 Å². The summed E-state index contributed by atoms with van der Waals surface area (Å²) in [5.74, 6) is -0.0522. The van der Waals surface area contributed by atoms with E-state index in [0.717, 1.165) is 16.7 Å². The fraction of sp³-hybridized carbons (Fsp3) is 0.150. The Labute approximate surface area is 161 Å². The Morgan fingerprint density at radius 2 is 1.82 bits per heavy atom. The minimum absolute atomic E-state index is 0.0184. The number of nitrogens with two attached hydrogens (primary N) is 1. The van der Waals surface area contributed by atoms with Gasteiger partial charge < -0.3 is 21.1 Å². The summed E-state index contributed by atoms with van der Waals surface area (Å²) in [5.41, 5.74) is 8.95. The number of nitrogens with zero attached hydrogens (tertiary/aromatic N) is 1. The topological polar surface area (TPSA) is 133 Å². The summed E-state index contributed by atoms with van der Waals surface area (Å²) in [7, 11) is 0. The summed E-state index contributed by atoms with van der Waals surface area (Å²) in [4.78, 5) is 31.2. The average molecular weight is 379 g/mol. The number of primary amides is 1. The van der Waals surface area contributed by atoms with E-state index in [-0.39, 0.29) is 17.3 Å². The van der Waals surface area contributed by atoms with Crippen molar-refractivity contribution in [3.63, 3.8) is 0 Å². The maximum Gasteiger partial charge on any atom is 0.324 e. The van der Waals surface area contributed by atoms with Crippen LogP contribution in [0.1, 0.15) is 33.0 Å². The molecule has 0 unspecified atom stereocenters. The normalized spacial score (nSPS) is 10.5. The largest absolute Gasteiger partial charge is 0.508 e. The van der Waals surface area contributed by atoms with Gasteiger partial charge in [-0.2, -0.15) is 0 Å². The molecule has 0 aliphatic rings. The molecule has 1 aromatic heterocycles. The van der Waals surface area contributed by atoms with Crippen molar-refractivity contribution < 1.29 is 14.7 Å². The first-order valence-electron chi connectivity index (χ1n) is 8.64. The number of rotatable bonds is 5. The molecule has 0 radical (unpaired) electrons. The van der Waals surface area contributed by atoms with E-state index in [9.17, 15) is 14.7 Å². The molecule has 6 N–H and O–H groups in total. The van der Waals surface area contributed by atoms with Gasteiger partial charge in [-0.1, -0.05) is 24.3 Å². The number of H-pyrrole nitrogens is 1. The molecule has 0 saturated heterocycles. The lowest BCUT2D eigenvalue weighted by molar-refractivity contribution is 0.0997. The van der Waals surface area contributed by atoms with Crippen LogP contribution in [-0.4, -0.2) is 27.0 Å². The number of hydrogen-bond donors (Lipinski definition) is 5. The number of aryl methyl sites for hydroxylation is 1. The third-order valence-corrected chi connectivity index (χ3v) is 4.39. The van der Waals surface area contributed by atoms with Crippen LogP contribution in [-0.2, 0) is 6.42 Å². The zero-order valence-corrected chi connectivity index (χ0v) is 15.5. The molecule has 0 spiro atoms. The molecule has 28 heavy (non-hydrogen) atoms. The number of amides is 3. The molecule has 3 amide bonds. The molecular formula is C20H21N5O3. The van der Waals surface area contributed by atoms with Crippen molar-refractivity contribution in [2.45, 2.75) is 20.3 Å². The number of phenolic OH excluding ortho intramolecular Hbond substituents is 1. The summed E-state index contributed by atoms with van der Waals surface area (Å²) in [5, 5.41) is 14.7. The van der Waals surface area contributed by atoms with E-state index < -0.39 is 11.9 Å². The molecule has 0 fully saturated rings. The predicted molar refractivity (Wildman–Crippen MR) is 107 cm³/mol. The number of carbonyl (C=O) groups excluding carboxylic acids is 2. The van der Waals surface area contributed by atoms with Crippen molar-refractivity contribution >= 4 is 23.4 Å². The molecule has 0 atom stereocenters. The van der Waals surface area contributed by atoms with Crippen LogP contribution in [0.2, 0.25) is 0 Å². The summed E-state index contributed by atoms with van der Waals surface area (Å²) in [6.45, 7) is 3.86. The lowest BCUT2D eigenvalue weighted by atomic mass is 10.1. The van der Waals surface area contributed by atoms with Gasteiger partial charge in [-0.25, -0.2) is 9.78 Å². The highest BCUT2D eigenvalue weighted by Gasteiger charge is 2.18. The van der Waals surface area contributed by atoms with Gasteiger partial charge in [0.05, 0.1) is 0 Å². The first-order chi connectivity index (χ1) is 13.3. The van der Waals surface area contributed by atoms with Crippen molar-refractivity contribution in [1.29, 1.82) is 0 Å². The van der Waals surface area contributed by atoms with Crippen LogP contribution in [0.25, 0.3) is 0 Å². The zero-order chi connectivity index (χ0) is 20.3. The zero-order valence-electron chi connectivity index (χ0n) is 15.5. The minimum Gasteiger partial charge on any atom is -0.508 e. The number of urea groups is 1. The number of hydrogen-bond acceptors (Lipinski definition) is 4. The maximum atomic E-state index is 12.4. The van der Waals surface area contributed by atoms with Crippen molar-refractivity contribution in [2.24, 2.45) is 5.73 Å². The van der Waals surface area contributed by atoms with Crippen molar-refractivity contribution in [2.75, 3.05) is 10.6 Å². The molecular weight excluding hydrogens is 358 g/mol. The quantitative estimate of drug-likeness (QED) is 0.466. The molecule has 0 aliphatic heterocycles. The number of anilines is 2. The Hall–Kier alpha value is -3.81. The molecule has 144 valence electrons. The summed E-state index contributed by atoms with van der Waals surface area (Å²) < 4.78 is 0. The van der Waals surface area contributed by atoms with Crippen LogP contribution < -0.4 is 16.4 Å². The van der Waals surface area contributed by atoms with Gasteiger partial charge in [0.25, 0.3) is 5.91 Å². The van der Waals surface area contributed by atoms with Gasteiger partial charge >= 0.3 is 6.03 Å². The van der Waals surface area contributed by atoms with Crippen LogP contribution in [0.15, 0.2) is 42.5 Å². The Balaban J connectivity index is 1.77. The second-order valence-electron chi connectivity index (χ2n) is 6.44. The van der Waals surface area contributed by atoms with Gasteiger partial charge in [-0.15, -0.1) is 0 Å². The fourth-order valence-electron chi connectivity index (χ4n) is 2.73. The monoisotopic (exact) mass is 379 g/mol. The molecule has 8 heteroatoms. The maximum absolute atomic E-state index is 12.4. The minimum atomic E-state index is -0.730. The SMILES string of the molecule is Cc1cccc(NC(=O)Nc2nc(Cc3ccc(O)cc3)[nH]c2C(N)=O)c1C. The van der Waals surface area contributed by atoms with Crippen LogP contribution in [0, 0.1) is 13.8 Å². The molecule has 0 aliphatic carbocycles. The highest BCUT2D eigenvalue weighted by Crippen LogP contribution is 2.20. The van der Waals surface area contributed by atoms with E-state index in [1.165, 1.54) is 0 Å². The van der Waals surface area contributed by atoms with Crippen LogP contribution >= 0.6 is 0 Å². The van der Waals surface area contributed by atoms with E-state index in [4.69, 9.17) is 5.73 Å². The van der Waals surface area contributed by atoms with Crippen molar-refractivity contribution in [3.05, 3.63) is 70.7 Å². The summed E-state index contributed by atoms with van der Waals surface area (Å²) >= 11 is 0. The van der Waals surface area contributed by atoms with E-state index >= 15 is 0 Å². The molecule has 2 aromatic carbocycles. The molecule has 8 nitrogen and oxygen atoms in total. The Morgan fingerprint density at radius 3 is 2.50 bits per heavy atom. The van der Waals surface area contributed by atoms with Gasteiger partial charge in [0.15, 0.2) is 5.82 Å². The third-order valence-electron chi connectivity index (χ3n) is 4.39. The number of imidazole rings is 1. The number of benzene rings is 2. The van der Waals surface area contributed by atoms with Gasteiger partial charge in [0.2, 0.25) is 0 Å². The molecule has 0 saturated carbocycles. The summed E-state index contributed by atoms with van der Waals surface area (Å²) in [6, 6.07) is 11.7. The molecule has 3 rings (SSSR count). The van der Waals surface area contributed by atoms with E-state index in [1.807, 2.05) is 26.0 Å². The van der Waals surface area contributed by atoms with Crippen LogP contribution in [0.5, 0.6) is 5.75 Å². The van der Waals surface area contributed by atoms with Crippen molar-refractivity contribution in [3.8, 4) is 5.75 Å². The second-order valence-corrected chi connectivity index (χ2v) is 6.44. The summed E-state index contributed by atoms with van der Waals surface area (Å²) in [6.07, 6.45) is 0.376. The average Bonchev–Trinajstić information content (AvgIpc) is 3.03. The number of aromatic amines is 1. The van der Waals surface area contributed by atoms with E-state index in [1.54, 1.807) is 30.3 Å². The predicted octanol–water partition coefficient (Wildman–Crippen LogP) is 3.07. The van der Waals surface area contributed by atoms with Gasteiger partial charge in [0.1, 0.15) is 17.3 Å². The van der Waals surface area contributed by atoms with Gasteiger partial charge in [0, 0.05) is 12.1 Å². The number of aromatic hydroxyl groups is 1. The lowest BCUT2D eigenvalue weighted by Gasteiger charge is -2.10. The lowest BCUT2D eigenvalue weighted by Crippen LogP contribution is -2.23. The first-order valence-corrected chi connectivity index (χ1v) is 8.64. The Bertz CT molecular complexity index is 1020. The molecule has 0 bridgehead atoms. The van der Waals surface area contributed by atoms with Gasteiger partial charge in [-0.3, -0.25) is 10.1 Å². The Kier molecular flexibility index (Phi) is 5.30. The number of phenols is 1. The number of carbonyl (C=O) groups is 2. The van der Waals surface area contributed by atoms with Crippen LogP contribution in [0.3, 0.4) is 0 Å². The Morgan fingerprint density at radius 1 is 1.11 bits per heavy atom. The van der Waals surface area contributed by atoms with E-state index in [0.29, 0.717) is 17.9 Å². The van der Waals surface area contributed by atoms with Gasteiger partial charge in [-0.05, 0) is 48.7 Å². The van der Waals surface area contributed by atoms with E-state index in [2.05, 4.69) is 20.6 Å².